The Kier molecular flexibility index (Phi) is 6.09. The standard InChI is InChI=1S/C24H19FN8O/c1-33-13-15(7-8-20(33)34)21-22(14-5-3-2-4-6-14)31-24(28)32-23(21)30-19(27)10-18-16(11-26)9-17(25)12-29-18/h2-9,12-13H,10H2,1H3,(H4,27,28,30,31,32). The Bertz CT molecular complexity index is 1560. The number of hydrogen-bond donors (Lipinski definition) is 3. The van der Waals surface area contributed by atoms with Crippen molar-refractivity contribution < 1.29 is 4.39 Å². The number of amidine groups is 1. The van der Waals surface area contributed by atoms with E-state index in [0.29, 0.717) is 16.8 Å². The van der Waals surface area contributed by atoms with E-state index in [9.17, 15) is 14.4 Å². The van der Waals surface area contributed by atoms with Gasteiger partial charge in [-0.15, -0.1) is 0 Å². The summed E-state index contributed by atoms with van der Waals surface area (Å²) in [5, 5.41) is 17.7. The zero-order chi connectivity index (χ0) is 24.2. The second kappa shape index (κ2) is 9.30. The molecule has 4 rings (SSSR count). The molecule has 3 heterocycles. The Balaban J connectivity index is 1.91. The number of H-pyrrole nitrogens is 1. The molecule has 0 spiro atoms. The van der Waals surface area contributed by atoms with Gasteiger partial charge in [0, 0.05) is 30.4 Å². The largest absolute Gasteiger partial charge is 0.369 e. The third kappa shape index (κ3) is 4.63. The van der Waals surface area contributed by atoms with Gasteiger partial charge in [0.15, 0.2) is 5.95 Å². The summed E-state index contributed by atoms with van der Waals surface area (Å²) in [6.45, 7) is 0. The van der Waals surface area contributed by atoms with Gasteiger partial charge >= 0.3 is 0 Å². The van der Waals surface area contributed by atoms with Gasteiger partial charge in [-0.05, 0) is 12.1 Å². The molecule has 0 saturated carbocycles. The summed E-state index contributed by atoms with van der Waals surface area (Å²) in [5.74, 6) is -0.692. The highest BCUT2D eigenvalue weighted by atomic mass is 19.1. The zero-order valence-electron chi connectivity index (χ0n) is 18.1. The highest BCUT2D eigenvalue weighted by molar-refractivity contribution is 5.85. The first-order valence-electron chi connectivity index (χ1n) is 10.1. The van der Waals surface area contributed by atoms with Gasteiger partial charge in [-0.25, -0.2) is 14.4 Å². The van der Waals surface area contributed by atoms with Crippen molar-refractivity contribution in [2.75, 3.05) is 5.73 Å². The summed E-state index contributed by atoms with van der Waals surface area (Å²) in [6, 6.07) is 15.3. The molecule has 0 atom stereocenters. The summed E-state index contributed by atoms with van der Waals surface area (Å²) in [6.07, 6.45) is 2.53. The molecule has 1 aromatic carbocycles. The van der Waals surface area contributed by atoms with Gasteiger partial charge in [-0.1, -0.05) is 30.3 Å². The van der Waals surface area contributed by atoms with Crippen molar-refractivity contribution in [1.82, 2.24) is 19.5 Å². The number of aryl methyl sites for hydroxylation is 1. The number of aromatic amines is 1. The average molecular weight is 454 g/mol. The van der Waals surface area contributed by atoms with E-state index in [2.05, 4.69) is 19.9 Å². The van der Waals surface area contributed by atoms with Crippen LogP contribution in [0.4, 0.5) is 10.3 Å². The molecule has 0 radical (unpaired) electrons. The van der Waals surface area contributed by atoms with Crippen LogP contribution in [0.15, 0.2) is 70.7 Å². The van der Waals surface area contributed by atoms with Crippen molar-refractivity contribution in [3.8, 4) is 28.5 Å². The normalized spacial score (nSPS) is 11.3. The van der Waals surface area contributed by atoms with Crippen LogP contribution in [0.5, 0.6) is 0 Å². The monoisotopic (exact) mass is 454 g/mol. The summed E-state index contributed by atoms with van der Waals surface area (Å²) >= 11 is 0. The lowest BCUT2D eigenvalue weighted by Gasteiger charge is -2.12. The molecule has 4 N–H and O–H groups in total. The smallest absolute Gasteiger partial charge is 0.250 e. The molecule has 9 nitrogen and oxygen atoms in total. The Morgan fingerprint density at radius 2 is 2.03 bits per heavy atom. The number of benzene rings is 1. The van der Waals surface area contributed by atoms with Gasteiger partial charge in [-0.2, -0.15) is 5.26 Å². The minimum atomic E-state index is -0.636. The molecule has 34 heavy (non-hydrogen) atoms. The lowest BCUT2D eigenvalue weighted by molar-refractivity contribution is 0.619. The second-order valence-corrected chi connectivity index (χ2v) is 7.42. The van der Waals surface area contributed by atoms with E-state index in [4.69, 9.17) is 11.1 Å². The number of nitrogens with one attached hydrogen (secondary N) is 2. The quantitative estimate of drug-likeness (QED) is 0.320. The van der Waals surface area contributed by atoms with E-state index in [1.807, 2.05) is 36.4 Å². The molecular formula is C24H19FN8O. The predicted molar refractivity (Wildman–Crippen MR) is 125 cm³/mol. The third-order valence-corrected chi connectivity index (χ3v) is 5.01. The number of hydrogen-bond acceptors (Lipinski definition) is 6. The Morgan fingerprint density at radius 1 is 1.26 bits per heavy atom. The first kappa shape index (κ1) is 22.3. The maximum atomic E-state index is 13.4. The topological polar surface area (TPSA) is 150 Å². The third-order valence-electron chi connectivity index (χ3n) is 5.01. The summed E-state index contributed by atoms with van der Waals surface area (Å²) in [4.78, 5) is 27.7. The molecule has 0 saturated heterocycles. The van der Waals surface area contributed by atoms with Crippen molar-refractivity contribution in [2.24, 2.45) is 12.0 Å². The fourth-order valence-electron chi connectivity index (χ4n) is 3.44. The molecule has 0 aliphatic carbocycles. The van der Waals surface area contributed by atoms with Crippen LogP contribution in [0.2, 0.25) is 0 Å². The molecule has 168 valence electrons. The van der Waals surface area contributed by atoms with Crippen molar-refractivity contribution in [2.45, 2.75) is 6.42 Å². The molecule has 0 bridgehead atoms. The number of rotatable bonds is 4. The molecule has 10 heteroatoms. The first-order valence-corrected chi connectivity index (χ1v) is 10.1. The van der Waals surface area contributed by atoms with Crippen molar-refractivity contribution in [3.63, 3.8) is 0 Å². The Labute approximate surface area is 193 Å². The van der Waals surface area contributed by atoms with Gasteiger partial charge < -0.3 is 15.3 Å². The van der Waals surface area contributed by atoms with Crippen LogP contribution in [0.25, 0.3) is 22.4 Å². The maximum Gasteiger partial charge on any atom is 0.250 e. The summed E-state index contributed by atoms with van der Waals surface area (Å²) in [7, 11) is 1.63. The van der Waals surface area contributed by atoms with E-state index < -0.39 is 5.82 Å². The fraction of sp³-hybridized carbons (Fsp3) is 0.0833. The number of nitrogen functional groups attached to an aromatic ring is 1. The fourth-order valence-corrected chi connectivity index (χ4v) is 3.44. The van der Waals surface area contributed by atoms with Crippen LogP contribution in [0.1, 0.15) is 11.3 Å². The molecule has 0 amide bonds. The number of nitriles is 1. The van der Waals surface area contributed by atoms with Gasteiger partial charge in [0.2, 0.25) is 5.56 Å². The number of nitrogens with zero attached hydrogens (tertiary/aromatic N) is 5. The van der Waals surface area contributed by atoms with Crippen LogP contribution < -0.4 is 16.8 Å². The lowest BCUT2D eigenvalue weighted by atomic mass is 10.0. The molecule has 0 aliphatic heterocycles. The van der Waals surface area contributed by atoms with E-state index in [0.717, 1.165) is 17.8 Å². The zero-order valence-corrected chi connectivity index (χ0v) is 18.1. The van der Waals surface area contributed by atoms with Gasteiger partial charge in [-0.3, -0.25) is 15.2 Å². The first-order chi connectivity index (χ1) is 16.4. The highest BCUT2D eigenvalue weighted by Crippen LogP contribution is 2.27. The molecule has 4 aromatic rings. The van der Waals surface area contributed by atoms with Crippen LogP contribution >= 0.6 is 0 Å². The predicted octanol–water partition coefficient (Wildman–Crippen LogP) is 2.55. The van der Waals surface area contributed by atoms with Crippen LogP contribution in [0, 0.1) is 22.6 Å². The van der Waals surface area contributed by atoms with E-state index >= 15 is 0 Å². The minimum Gasteiger partial charge on any atom is -0.369 e. The van der Waals surface area contributed by atoms with Crippen molar-refractivity contribution >= 4 is 11.8 Å². The van der Waals surface area contributed by atoms with E-state index in [-0.39, 0.29) is 40.5 Å². The molecule has 0 fully saturated rings. The Morgan fingerprint density at radius 3 is 2.74 bits per heavy atom. The number of halogens is 1. The molecule has 3 aromatic heterocycles. The molecule has 0 unspecified atom stereocenters. The second-order valence-electron chi connectivity index (χ2n) is 7.42. The number of anilines is 1. The average Bonchev–Trinajstić information content (AvgIpc) is 2.82. The van der Waals surface area contributed by atoms with Gasteiger partial charge in [0.25, 0.3) is 0 Å². The molecular weight excluding hydrogens is 435 g/mol. The number of aromatic nitrogens is 4. The van der Waals surface area contributed by atoms with Gasteiger partial charge in [0.05, 0.1) is 35.1 Å². The van der Waals surface area contributed by atoms with E-state index in [1.54, 1.807) is 19.3 Å². The number of pyridine rings is 2. The van der Waals surface area contributed by atoms with Gasteiger partial charge in [0.1, 0.15) is 23.2 Å². The Hall–Kier alpha value is -4.91. The SMILES string of the molecule is Cn1cc(-c2c(-c3ccccc3)nc(N)[nH]/c2=N\C(=N)Cc2ncc(F)cc2C#N)ccc1=O. The number of nitrogens with two attached hydrogens (primary N) is 1. The summed E-state index contributed by atoms with van der Waals surface area (Å²) in [5.41, 5.74) is 8.81. The van der Waals surface area contributed by atoms with Crippen LogP contribution in [0.3, 0.4) is 0 Å². The summed E-state index contributed by atoms with van der Waals surface area (Å²) < 4.78 is 14.9. The van der Waals surface area contributed by atoms with Crippen molar-refractivity contribution in [1.29, 1.82) is 10.7 Å². The lowest BCUT2D eigenvalue weighted by Crippen LogP contribution is -2.21. The maximum absolute atomic E-state index is 13.4. The van der Waals surface area contributed by atoms with Crippen molar-refractivity contribution in [3.05, 3.63) is 93.8 Å². The van der Waals surface area contributed by atoms with E-state index in [1.165, 1.54) is 10.6 Å². The van der Waals surface area contributed by atoms with Crippen LogP contribution in [-0.4, -0.2) is 25.4 Å². The molecule has 0 aliphatic rings. The minimum absolute atomic E-state index is 0.0291. The highest BCUT2D eigenvalue weighted by Gasteiger charge is 2.16. The van der Waals surface area contributed by atoms with Crippen LogP contribution in [-0.2, 0) is 13.5 Å².